The number of methoxy groups -OCH3 is 2. The maximum atomic E-state index is 13.0. The van der Waals surface area contributed by atoms with Crippen molar-refractivity contribution in [2.24, 2.45) is 5.92 Å². The molecule has 1 fully saturated rings. The van der Waals surface area contributed by atoms with Gasteiger partial charge in [0.25, 0.3) is 0 Å². The van der Waals surface area contributed by atoms with E-state index >= 15 is 0 Å². The molecule has 0 aliphatic carbocycles. The Labute approximate surface area is 152 Å². The number of anilines is 2. The molecule has 1 aliphatic heterocycles. The van der Waals surface area contributed by atoms with E-state index in [0.717, 1.165) is 0 Å². The minimum absolute atomic E-state index is 0.0822. The summed E-state index contributed by atoms with van der Waals surface area (Å²) in [7, 11) is 4.84. The van der Waals surface area contributed by atoms with E-state index < -0.39 is 5.92 Å². The van der Waals surface area contributed by atoms with Gasteiger partial charge < -0.3 is 19.3 Å². The Morgan fingerprint density at radius 3 is 2.35 bits per heavy atom. The standard InChI is InChI=1S/C20H22N2O4/c1-21(15-8-4-6-10-17(15)25-2)20(24)14-12-19(23)22(13-14)16-9-5-7-11-18(16)26-3/h4-11,14H,12-13H2,1-3H3/t14-/m0/s1. The molecule has 2 aromatic rings. The lowest BCUT2D eigenvalue weighted by Gasteiger charge is -2.23. The van der Waals surface area contributed by atoms with Crippen LogP contribution in [0.25, 0.3) is 0 Å². The zero-order chi connectivity index (χ0) is 18.7. The third-order valence-electron chi connectivity index (χ3n) is 4.63. The van der Waals surface area contributed by atoms with Crippen LogP contribution in [-0.4, -0.2) is 39.6 Å². The second-order valence-corrected chi connectivity index (χ2v) is 6.15. The Morgan fingerprint density at radius 1 is 1.04 bits per heavy atom. The van der Waals surface area contributed by atoms with Gasteiger partial charge in [-0.3, -0.25) is 9.59 Å². The van der Waals surface area contributed by atoms with Gasteiger partial charge in [-0.05, 0) is 24.3 Å². The van der Waals surface area contributed by atoms with Crippen LogP contribution in [-0.2, 0) is 9.59 Å². The lowest BCUT2D eigenvalue weighted by molar-refractivity contribution is -0.124. The van der Waals surface area contributed by atoms with Gasteiger partial charge in [0.1, 0.15) is 11.5 Å². The largest absolute Gasteiger partial charge is 0.495 e. The molecule has 0 saturated carbocycles. The lowest BCUT2D eigenvalue weighted by Crippen LogP contribution is -2.35. The summed E-state index contributed by atoms with van der Waals surface area (Å²) in [6.45, 7) is 0.331. The molecule has 3 rings (SSSR count). The van der Waals surface area contributed by atoms with E-state index in [4.69, 9.17) is 9.47 Å². The van der Waals surface area contributed by atoms with Crippen molar-refractivity contribution < 1.29 is 19.1 Å². The predicted molar refractivity (Wildman–Crippen MR) is 99.9 cm³/mol. The number of rotatable bonds is 5. The molecule has 1 aliphatic rings. The van der Waals surface area contributed by atoms with Crippen LogP contribution in [0.4, 0.5) is 11.4 Å². The van der Waals surface area contributed by atoms with Crippen molar-refractivity contribution >= 4 is 23.2 Å². The van der Waals surface area contributed by atoms with E-state index in [1.165, 1.54) is 0 Å². The van der Waals surface area contributed by atoms with Crippen LogP contribution in [0.2, 0.25) is 0 Å². The van der Waals surface area contributed by atoms with E-state index in [2.05, 4.69) is 0 Å². The van der Waals surface area contributed by atoms with Crippen LogP contribution >= 0.6 is 0 Å². The first kappa shape index (κ1) is 17.8. The van der Waals surface area contributed by atoms with Gasteiger partial charge in [-0.25, -0.2) is 0 Å². The van der Waals surface area contributed by atoms with Crippen LogP contribution < -0.4 is 19.3 Å². The Bertz CT molecular complexity index is 821. The molecule has 6 heteroatoms. The van der Waals surface area contributed by atoms with Crippen molar-refractivity contribution in [3.05, 3.63) is 48.5 Å². The first-order valence-electron chi connectivity index (χ1n) is 8.40. The summed E-state index contributed by atoms with van der Waals surface area (Å²) in [5.41, 5.74) is 1.37. The molecule has 0 unspecified atom stereocenters. The molecule has 0 spiro atoms. The number of ether oxygens (including phenoxy) is 2. The summed E-state index contributed by atoms with van der Waals surface area (Å²) >= 11 is 0. The molecular formula is C20H22N2O4. The van der Waals surface area contributed by atoms with Gasteiger partial charge in [0.05, 0.1) is 31.5 Å². The molecule has 0 N–H and O–H groups in total. The number of amides is 2. The van der Waals surface area contributed by atoms with Crippen LogP contribution in [0.15, 0.2) is 48.5 Å². The van der Waals surface area contributed by atoms with Gasteiger partial charge >= 0.3 is 0 Å². The molecule has 136 valence electrons. The van der Waals surface area contributed by atoms with Gasteiger partial charge in [-0.2, -0.15) is 0 Å². The van der Waals surface area contributed by atoms with Crippen LogP contribution in [0, 0.1) is 5.92 Å². The summed E-state index contributed by atoms with van der Waals surface area (Å²) in [5, 5.41) is 0. The van der Waals surface area contributed by atoms with Crippen molar-refractivity contribution in [2.75, 3.05) is 37.6 Å². The minimum Gasteiger partial charge on any atom is -0.495 e. The highest BCUT2D eigenvalue weighted by molar-refractivity contribution is 6.05. The van der Waals surface area contributed by atoms with Crippen molar-refractivity contribution in [1.82, 2.24) is 0 Å². The van der Waals surface area contributed by atoms with Gasteiger partial charge in [-0.15, -0.1) is 0 Å². The summed E-state index contributed by atoms with van der Waals surface area (Å²) in [5.74, 6) is 0.630. The number of benzene rings is 2. The monoisotopic (exact) mass is 354 g/mol. The molecule has 2 aromatic carbocycles. The zero-order valence-corrected chi connectivity index (χ0v) is 15.1. The van der Waals surface area contributed by atoms with Gasteiger partial charge in [-0.1, -0.05) is 24.3 Å². The molecule has 1 atom stereocenters. The highest BCUT2D eigenvalue weighted by atomic mass is 16.5. The van der Waals surface area contributed by atoms with Crippen molar-refractivity contribution in [3.8, 4) is 11.5 Å². The number of nitrogens with zero attached hydrogens (tertiary/aromatic N) is 2. The molecule has 6 nitrogen and oxygen atoms in total. The molecular weight excluding hydrogens is 332 g/mol. The fourth-order valence-electron chi connectivity index (χ4n) is 3.26. The fraction of sp³-hybridized carbons (Fsp3) is 0.300. The van der Waals surface area contributed by atoms with Gasteiger partial charge in [0, 0.05) is 20.0 Å². The number of carbonyl (C=O) groups is 2. The van der Waals surface area contributed by atoms with E-state index in [-0.39, 0.29) is 18.2 Å². The number of para-hydroxylation sites is 4. The third-order valence-corrected chi connectivity index (χ3v) is 4.63. The topological polar surface area (TPSA) is 59.1 Å². The Hall–Kier alpha value is -3.02. The second-order valence-electron chi connectivity index (χ2n) is 6.15. The normalized spacial score (nSPS) is 16.5. The minimum atomic E-state index is -0.415. The average molecular weight is 354 g/mol. The Balaban J connectivity index is 1.81. The summed E-state index contributed by atoms with van der Waals surface area (Å²) in [6, 6.07) is 14.7. The first-order chi connectivity index (χ1) is 12.6. The second kappa shape index (κ2) is 7.47. The highest BCUT2D eigenvalue weighted by Gasteiger charge is 2.38. The maximum Gasteiger partial charge on any atom is 0.232 e. The molecule has 0 bridgehead atoms. The summed E-state index contributed by atoms with van der Waals surface area (Å²) < 4.78 is 10.7. The SMILES string of the molecule is COc1ccccc1N(C)C(=O)[C@H]1CC(=O)N(c2ccccc2OC)C1. The predicted octanol–water partition coefficient (Wildman–Crippen LogP) is 2.72. The summed E-state index contributed by atoms with van der Waals surface area (Å²) in [4.78, 5) is 28.6. The van der Waals surface area contributed by atoms with E-state index in [1.54, 1.807) is 43.2 Å². The maximum absolute atomic E-state index is 13.0. The van der Waals surface area contributed by atoms with Crippen LogP contribution in [0.3, 0.4) is 0 Å². The van der Waals surface area contributed by atoms with Crippen molar-refractivity contribution in [3.63, 3.8) is 0 Å². The molecule has 2 amide bonds. The summed E-state index contributed by atoms with van der Waals surface area (Å²) in [6.07, 6.45) is 0.177. The van der Waals surface area contributed by atoms with E-state index in [1.807, 2.05) is 36.4 Å². The molecule has 1 heterocycles. The number of carbonyl (C=O) groups excluding carboxylic acids is 2. The fourth-order valence-corrected chi connectivity index (χ4v) is 3.26. The van der Waals surface area contributed by atoms with Gasteiger partial charge in [0.2, 0.25) is 11.8 Å². The first-order valence-corrected chi connectivity index (χ1v) is 8.40. The average Bonchev–Trinajstić information content (AvgIpc) is 3.08. The van der Waals surface area contributed by atoms with Crippen molar-refractivity contribution in [2.45, 2.75) is 6.42 Å². The molecule has 0 radical (unpaired) electrons. The Morgan fingerprint density at radius 2 is 1.65 bits per heavy atom. The number of hydrogen-bond acceptors (Lipinski definition) is 4. The number of hydrogen-bond donors (Lipinski definition) is 0. The zero-order valence-electron chi connectivity index (χ0n) is 15.1. The lowest BCUT2D eigenvalue weighted by atomic mass is 10.1. The quantitative estimate of drug-likeness (QED) is 0.828. The Kier molecular flexibility index (Phi) is 5.11. The van der Waals surface area contributed by atoms with Crippen molar-refractivity contribution in [1.29, 1.82) is 0 Å². The van der Waals surface area contributed by atoms with Crippen LogP contribution in [0.5, 0.6) is 11.5 Å². The molecule has 0 aromatic heterocycles. The molecule has 1 saturated heterocycles. The van der Waals surface area contributed by atoms with Crippen LogP contribution in [0.1, 0.15) is 6.42 Å². The highest BCUT2D eigenvalue weighted by Crippen LogP contribution is 2.34. The van der Waals surface area contributed by atoms with E-state index in [0.29, 0.717) is 29.4 Å². The molecule has 26 heavy (non-hydrogen) atoms. The third kappa shape index (κ3) is 3.22. The smallest absolute Gasteiger partial charge is 0.232 e. The van der Waals surface area contributed by atoms with Gasteiger partial charge in [0.15, 0.2) is 0 Å². The van der Waals surface area contributed by atoms with E-state index in [9.17, 15) is 9.59 Å².